The van der Waals surface area contributed by atoms with Crippen LogP contribution >= 0.6 is 11.3 Å². The molecular formula is C11H15NO3S. The van der Waals surface area contributed by atoms with E-state index in [2.05, 4.69) is 5.32 Å². The van der Waals surface area contributed by atoms with Gasteiger partial charge in [-0.15, -0.1) is 11.3 Å². The number of fused-ring (bicyclic) bond motifs is 1. The van der Waals surface area contributed by atoms with E-state index in [1.807, 2.05) is 6.07 Å². The molecule has 3 N–H and O–H groups in total. The summed E-state index contributed by atoms with van der Waals surface area (Å²) in [4.78, 5) is 12.9. The number of aryl methyl sites for hydroxylation is 1. The summed E-state index contributed by atoms with van der Waals surface area (Å²) in [5, 5.41) is 21.6. The number of hydrogen-bond acceptors (Lipinski definition) is 4. The predicted octanol–water partition coefficient (Wildman–Crippen LogP) is 1.46. The number of aliphatic hydroxyl groups excluding tert-OH is 1. The van der Waals surface area contributed by atoms with E-state index in [0.717, 1.165) is 34.6 Å². The van der Waals surface area contributed by atoms with Gasteiger partial charge in [-0.3, -0.25) is 4.79 Å². The Balaban J connectivity index is 2.33. The number of nitrogens with one attached hydrogen (secondary N) is 1. The van der Waals surface area contributed by atoms with Crippen LogP contribution in [0.1, 0.15) is 40.3 Å². The summed E-state index contributed by atoms with van der Waals surface area (Å²) in [6.07, 6.45) is 2.29. The number of carboxylic acids is 1. The molecule has 2 atom stereocenters. The molecular weight excluding hydrogens is 226 g/mol. The number of carbonyl (C=O) groups is 1. The number of aliphatic hydroxyl groups is 1. The third-order valence-corrected chi connectivity index (χ3v) is 4.20. The van der Waals surface area contributed by atoms with Crippen molar-refractivity contribution in [2.75, 3.05) is 7.05 Å². The van der Waals surface area contributed by atoms with Crippen molar-refractivity contribution in [2.24, 2.45) is 0 Å². The number of rotatable bonds is 3. The summed E-state index contributed by atoms with van der Waals surface area (Å²) < 4.78 is 0. The van der Waals surface area contributed by atoms with Gasteiger partial charge in [0.15, 0.2) is 0 Å². The molecule has 1 aromatic rings. The second-order valence-corrected chi connectivity index (χ2v) is 5.16. The largest absolute Gasteiger partial charge is 0.480 e. The van der Waals surface area contributed by atoms with Crippen molar-refractivity contribution in [3.63, 3.8) is 0 Å². The van der Waals surface area contributed by atoms with Gasteiger partial charge in [0.05, 0.1) is 6.10 Å². The zero-order valence-electron chi connectivity index (χ0n) is 9.06. The highest BCUT2D eigenvalue weighted by molar-refractivity contribution is 7.12. The van der Waals surface area contributed by atoms with E-state index in [9.17, 15) is 9.90 Å². The van der Waals surface area contributed by atoms with Gasteiger partial charge < -0.3 is 15.5 Å². The fourth-order valence-corrected chi connectivity index (χ4v) is 3.45. The topological polar surface area (TPSA) is 69.6 Å². The summed E-state index contributed by atoms with van der Waals surface area (Å²) in [6.45, 7) is 0. The zero-order chi connectivity index (χ0) is 11.7. The maximum absolute atomic E-state index is 11.0. The first-order valence-corrected chi connectivity index (χ1v) is 6.15. The Morgan fingerprint density at radius 2 is 2.44 bits per heavy atom. The van der Waals surface area contributed by atoms with Crippen molar-refractivity contribution in [1.82, 2.24) is 5.32 Å². The molecule has 4 nitrogen and oxygen atoms in total. The standard InChI is InChI=1S/C11H15NO3S/c1-12-10(11(14)15)9-5-6-7(13)3-2-4-8(6)16-9/h5,7,10,12-13H,2-4H2,1H3,(H,14,15). The average molecular weight is 241 g/mol. The lowest BCUT2D eigenvalue weighted by molar-refractivity contribution is -0.139. The molecule has 0 saturated carbocycles. The van der Waals surface area contributed by atoms with Gasteiger partial charge in [-0.2, -0.15) is 0 Å². The Morgan fingerprint density at radius 3 is 3.00 bits per heavy atom. The molecule has 16 heavy (non-hydrogen) atoms. The SMILES string of the molecule is CNC(C(=O)O)c1cc2c(s1)CCCC2O. The minimum Gasteiger partial charge on any atom is -0.480 e. The molecule has 88 valence electrons. The monoisotopic (exact) mass is 241 g/mol. The van der Waals surface area contributed by atoms with E-state index in [4.69, 9.17) is 5.11 Å². The van der Waals surface area contributed by atoms with Crippen LogP contribution in [-0.4, -0.2) is 23.2 Å². The molecule has 1 aromatic heterocycles. The Hall–Kier alpha value is -0.910. The van der Waals surface area contributed by atoms with Crippen LogP contribution in [0.2, 0.25) is 0 Å². The average Bonchev–Trinajstić information content (AvgIpc) is 2.63. The van der Waals surface area contributed by atoms with Crippen LogP contribution in [0.15, 0.2) is 6.07 Å². The maximum atomic E-state index is 11.0. The van der Waals surface area contributed by atoms with Crippen molar-refractivity contribution in [1.29, 1.82) is 0 Å². The maximum Gasteiger partial charge on any atom is 0.326 e. The third kappa shape index (κ3) is 1.98. The van der Waals surface area contributed by atoms with Crippen LogP contribution in [-0.2, 0) is 11.2 Å². The van der Waals surface area contributed by atoms with Crippen LogP contribution in [0.3, 0.4) is 0 Å². The fourth-order valence-electron chi connectivity index (χ4n) is 2.08. The molecule has 0 amide bonds. The first kappa shape index (κ1) is 11.6. The highest BCUT2D eigenvalue weighted by atomic mass is 32.1. The third-order valence-electron chi connectivity index (χ3n) is 2.92. The van der Waals surface area contributed by atoms with Gasteiger partial charge >= 0.3 is 5.97 Å². The van der Waals surface area contributed by atoms with Gasteiger partial charge in [-0.25, -0.2) is 0 Å². The molecule has 1 heterocycles. The van der Waals surface area contributed by atoms with E-state index in [-0.39, 0.29) is 0 Å². The van der Waals surface area contributed by atoms with E-state index in [0.29, 0.717) is 0 Å². The molecule has 1 aliphatic rings. The Bertz CT molecular complexity index is 402. The normalized spacial score (nSPS) is 21.5. The molecule has 0 aliphatic heterocycles. The zero-order valence-corrected chi connectivity index (χ0v) is 9.88. The fraction of sp³-hybridized carbons (Fsp3) is 0.545. The van der Waals surface area contributed by atoms with Crippen LogP contribution in [0, 0.1) is 0 Å². The molecule has 0 bridgehead atoms. The van der Waals surface area contributed by atoms with E-state index >= 15 is 0 Å². The minimum atomic E-state index is -0.879. The number of aliphatic carboxylic acids is 1. The van der Waals surface area contributed by atoms with E-state index in [1.165, 1.54) is 11.3 Å². The molecule has 0 spiro atoms. The molecule has 0 aromatic carbocycles. The van der Waals surface area contributed by atoms with Gasteiger partial charge in [0.1, 0.15) is 6.04 Å². The number of thiophene rings is 1. The van der Waals surface area contributed by atoms with Crippen LogP contribution in [0.5, 0.6) is 0 Å². The summed E-state index contributed by atoms with van der Waals surface area (Å²) in [6, 6.07) is 1.17. The molecule has 1 aliphatic carbocycles. The summed E-state index contributed by atoms with van der Waals surface area (Å²) in [7, 11) is 1.63. The lowest BCUT2D eigenvalue weighted by Crippen LogP contribution is -2.23. The Kier molecular flexibility index (Phi) is 3.28. The molecule has 2 rings (SSSR count). The van der Waals surface area contributed by atoms with Crippen molar-refractivity contribution in [3.8, 4) is 0 Å². The number of hydrogen-bond donors (Lipinski definition) is 3. The lowest BCUT2D eigenvalue weighted by atomic mass is 9.96. The first-order chi connectivity index (χ1) is 7.63. The van der Waals surface area contributed by atoms with Crippen molar-refractivity contribution in [3.05, 3.63) is 21.4 Å². The molecule has 5 heteroatoms. The van der Waals surface area contributed by atoms with Gasteiger partial charge in [-0.05, 0) is 37.9 Å². The summed E-state index contributed by atoms with van der Waals surface area (Å²) >= 11 is 1.50. The quantitative estimate of drug-likeness (QED) is 0.749. The summed E-state index contributed by atoms with van der Waals surface area (Å²) in [5.74, 6) is -0.879. The van der Waals surface area contributed by atoms with Crippen molar-refractivity contribution < 1.29 is 15.0 Å². The molecule has 0 saturated heterocycles. The van der Waals surface area contributed by atoms with E-state index in [1.54, 1.807) is 7.05 Å². The number of carboxylic acid groups (broad SMARTS) is 1. The van der Waals surface area contributed by atoms with Crippen LogP contribution in [0.4, 0.5) is 0 Å². The minimum absolute atomic E-state index is 0.417. The smallest absolute Gasteiger partial charge is 0.326 e. The Morgan fingerprint density at radius 1 is 1.69 bits per heavy atom. The molecule has 0 radical (unpaired) electrons. The van der Waals surface area contributed by atoms with Gasteiger partial charge in [0.25, 0.3) is 0 Å². The van der Waals surface area contributed by atoms with Gasteiger partial charge in [0.2, 0.25) is 0 Å². The highest BCUT2D eigenvalue weighted by Crippen LogP contribution is 2.37. The molecule has 0 fully saturated rings. The molecule has 2 unspecified atom stereocenters. The second-order valence-electron chi connectivity index (χ2n) is 4.00. The predicted molar refractivity (Wildman–Crippen MR) is 61.7 cm³/mol. The van der Waals surface area contributed by atoms with Gasteiger partial charge in [-0.1, -0.05) is 0 Å². The van der Waals surface area contributed by atoms with Crippen molar-refractivity contribution in [2.45, 2.75) is 31.4 Å². The van der Waals surface area contributed by atoms with Gasteiger partial charge in [0, 0.05) is 9.75 Å². The lowest BCUT2D eigenvalue weighted by Gasteiger charge is -2.16. The van der Waals surface area contributed by atoms with Crippen LogP contribution < -0.4 is 5.32 Å². The number of likely N-dealkylation sites (N-methyl/N-ethyl adjacent to an activating group) is 1. The van der Waals surface area contributed by atoms with E-state index < -0.39 is 18.1 Å². The van der Waals surface area contributed by atoms with Crippen LogP contribution in [0.25, 0.3) is 0 Å². The van der Waals surface area contributed by atoms with Crippen molar-refractivity contribution >= 4 is 17.3 Å². The first-order valence-electron chi connectivity index (χ1n) is 5.34. The summed E-state index contributed by atoms with van der Waals surface area (Å²) in [5.41, 5.74) is 0.924. The second kappa shape index (κ2) is 4.53. The highest BCUT2D eigenvalue weighted by Gasteiger charge is 2.26. The Labute approximate surface area is 97.9 Å².